The van der Waals surface area contributed by atoms with E-state index in [-0.39, 0.29) is 0 Å². The van der Waals surface area contributed by atoms with E-state index < -0.39 is 0 Å². The quantitative estimate of drug-likeness (QED) is 0.326. The van der Waals surface area contributed by atoms with Crippen LogP contribution in [0.15, 0.2) is 60.7 Å². The van der Waals surface area contributed by atoms with Crippen molar-refractivity contribution in [1.29, 1.82) is 0 Å². The molecule has 6 aromatic rings. The first-order chi connectivity index (χ1) is 17.6. The Labute approximate surface area is 208 Å². The van der Waals surface area contributed by atoms with Crippen molar-refractivity contribution in [2.45, 2.75) is 19.9 Å². The number of nitrogens with zero attached hydrogens (tertiary/aromatic N) is 5. The van der Waals surface area contributed by atoms with Gasteiger partial charge in [-0.1, -0.05) is 12.1 Å². The monoisotopic (exact) mass is 476 g/mol. The van der Waals surface area contributed by atoms with Gasteiger partial charge < -0.3 is 14.9 Å². The molecule has 1 fully saturated rings. The number of rotatable bonds is 4. The number of benzene rings is 3. The Morgan fingerprint density at radius 2 is 1.53 bits per heavy atom. The average Bonchev–Trinajstić information content (AvgIpc) is 3.63. The van der Waals surface area contributed by atoms with E-state index in [2.05, 4.69) is 74.1 Å². The number of aromatic nitrogens is 6. The lowest BCUT2D eigenvalue weighted by atomic mass is 10.1. The largest absolute Gasteiger partial charge is 0.369 e. The summed E-state index contributed by atoms with van der Waals surface area (Å²) in [6, 6.07) is 21.4. The van der Waals surface area contributed by atoms with Gasteiger partial charge in [-0.05, 0) is 62.4 Å². The van der Waals surface area contributed by atoms with Crippen LogP contribution >= 0.6 is 0 Å². The molecule has 7 rings (SSSR count). The van der Waals surface area contributed by atoms with Crippen LogP contribution in [0.2, 0.25) is 0 Å². The van der Waals surface area contributed by atoms with E-state index in [0.29, 0.717) is 6.04 Å². The van der Waals surface area contributed by atoms with Crippen LogP contribution in [0.1, 0.15) is 13.8 Å². The minimum absolute atomic E-state index is 0.598. The summed E-state index contributed by atoms with van der Waals surface area (Å²) in [6.45, 7) is 8.81. The fourth-order valence-corrected chi connectivity index (χ4v) is 5.23. The molecule has 1 aliphatic heterocycles. The van der Waals surface area contributed by atoms with Crippen molar-refractivity contribution < 1.29 is 0 Å². The highest BCUT2D eigenvalue weighted by Crippen LogP contribution is 2.31. The van der Waals surface area contributed by atoms with Gasteiger partial charge >= 0.3 is 0 Å². The zero-order chi connectivity index (χ0) is 24.2. The SMILES string of the molecule is CC(C)N1CCN(c2ccc3nc(-c4n[nH]c5ccc(-c6nc7ccccc7[nH]6)cc45)[nH]c3c2)CC1. The first-order valence-electron chi connectivity index (χ1n) is 12.5. The predicted octanol–water partition coefficient (Wildman–Crippen LogP) is 5.18. The fraction of sp³-hybridized carbons (Fsp3) is 0.250. The Bertz CT molecular complexity index is 1660. The summed E-state index contributed by atoms with van der Waals surface area (Å²) in [6.07, 6.45) is 0. The number of fused-ring (bicyclic) bond motifs is 3. The van der Waals surface area contributed by atoms with Crippen molar-refractivity contribution in [3.63, 3.8) is 0 Å². The molecule has 1 aliphatic rings. The summed E-state index contributed by atoms with van der Waals surface area (Å²) in [7, 11) is 0. The third-order valence-corrected chi connectivity index (χ3v) is 7.33. The third-order valence-electron chi connectivity index (χ3n) is 7.33. The van der Waals surface area contributed by atoms with Crippen LogP contribution in [0.4, 0.5) is 5.69 Å². The van der Waals surface area contributed by atoms with E-state index in [0.717, 1.165) is 82.1 Å². The molecule has 3 aromatic heterocycles. The predicted molar refractivity (Wildman–Crippen MR) is 145 cm³/mol. The van der Waals surface area contributed by atoms with Crippen molar-refractivity contribution in [3.8, 4) is 22.9 Å². The van der Waals surface area contributed by atoms with Gasteiger partial charge in [0.15, 0.2) is 5.82 Å². The summed E-state index contributed by atoms with van der Waals surface area (Å²) in [5, 5.41) is 8.78. The molecule has 0 radical (unpaired) electrons. The number of para-hydroxylation sites is 2. The van der Waals surface area contributed by atoms with Crippen molar-refractivity contribution in [3.05, 3.63) is 60.7 Å². The number of nitrogens with one attached hydrogen (secondary N) is 3. The Morgan fingerprint density at radius 1 is 0.750 bits per heavy atom. The first-order valence-corrected chi connectivity index (χ1v) is 12.5. The number of aromatic amines is 3. The summed E-state index contributed by atoms with van der Waals surface area (Å²) < 4.78 is 0. The molecule has 0 spiro atoms. The second-order valence-corrected chi connectivity index (χ2v) is 9.84. The molecule has 8 heteroatoms. The minimum Gasteiger partial charge on any atom is -0.369 e. The second kappa shape index (κ2) is 8.20. The summed E-state index contributed by atoms with van der Waals surface area (Å²) >= 11 is 0. The zero-order valence-electron chi connectivity index (χ0n) is 20.4. The molecular weight excluding hydrogens is 448 g/mol. The lowest BCUT2D eigenvalue weighted by Crippen LogP contribution is -2.48. The maximum Gasteiger partial charge on any atom is 0.159 e. The van der Waals surface area contributed by atoms with Gasteiger partial charge in [0, 0.05) is 48.9 Å². The van der Waals surface area contributed by atoms with E-state index in [1.54, 1.807) is 0 Å². The summed E-state index contributed by atoms with van der Waals surface area (Å²) in [4.78, 5) is 21.6. The number of imidazole rings is 2. The summed E-state index contributed by atoms with van der Waals surface area (Å²) in [5.41, 5.74) is 7.98. The van der Waals surface area contributed by atoms with E-state index >= 15 is 0 Å². The number of hydrogen-bond donors (Lipinski definition) is 3. The maximum atomic E-state index is 4.88. The van der Waals surface area contributed by atoms with Crippen LogP contribution in [0, 0.1) is 0 Å². The molecule has 0 atom stereocenters. The van der Waals surface area contributed by atoms with Gasteiger partial charge in [-0.2, -0.15) is 5.10 Å². The van der Waals surface area contributed by atoms with E-state index in [1.807, 2.05) is 30.3 Å². The molecule has 0 aliphatic carbocycles. The molecule has 3 N–H and O–H groups in total. The number of H-pyrrole nitrogens is 3. The highest BCUT2D eigenvalue weighted by Gasteiger charge is 2.20. The maximum absolute atomic E-state index is 4.88. The van der Waals surface area contributed by atoms with E-state index in [1.165, 1.54) is 5.69 Å². The Kier molecular flexibility index (Phi) is 4.82. The van der Waals surface area contributed by atoms with E-state index in [4.69, 9.17) is 9.97 Å². The molecular formula is C28H28N8. The molecule has 3 aromatic carbocycles. The van der Waals surface area contributed by atoms with Crippen LogP contribution in [-0.2, 0) is 0 Å². The molecule has 1 saturated heterocycles. The van der Waals surface area contributed by atoms with Gasteiger partial charge in [0.1, 0.15) is 11.5 Å². The minimum atomic E-state index is 0.598. The molecule has 8 nitrogen and oxygen atoms in total. The van der Waals surface area contributed by atoms with Crippen LogP contribution in [0.5, 0.6) is 0 Å². The number of hydrogen-bond acceptors (Lipinski definition) is 5. The Balaban J connectivity index is 1.22. The zero-order valence-corrected chi connectivity index (χ0v) is 20.4. The van der Waals surface area contributed by atoms with Crippen molar-refractivity contribution >= 4 is 38.7 Å². The molecule has 0 saturated carbocycles. The van der Waals surface area contributed by atoms with Gasteiger partial charge in [0.05, 0.1) is 27.6 Å². The van der Waals surface area contributed by atoms with Crippen LogP contribution in [0.3, 0.4) is 0 Å². The van der Waals surface area contributed by atoms with Gasteiger partial charge in [-0.15, -0.1) is 0 Å². The van der Waals surface area contributed by atoms with Gasteiger partial charge in [0.2, 0.25) is 0 Å². The van der Waals surface area contributed by atoms with Gasteiger partial charge in [-0.3, -0.25) is 10.00 Å². The standard InChI is InChI=1S/C28H28N8/c1-17(2)35-11-13-36(14-12-35)19-8-10-24-25(16-19)32-28(31-24)26-20-15-18(7-9-21(20)33-34-26)27-29-22-5-3-4-6-23(22)30-27/h3-10,15-17H,11-14H2,1-2H3,(H,29,30)(H,31,32)(H,33,34). The number of piperazine rings is 1. The molecule has 4 heterocycles. The second-order valence-electron chi connectivity index (χ2n) is 9.84. The lowest BCUT2D eigenvalue weighted by Gasteiger charge is -2.38. The molecule has 180 valence electrons. The molecule has 0 amide bonds. The van der Waals surface area contributed by atoms with E-state index in [9.17, 15) is 0 Å². The topological polar surface area (TPSA) is 92.5 Å². The van der Waals surface area contributed by atoms with Crippen LogP contribution in [-0.4, -0.2) is 67.3 Å². The Morgan fingerprint density at radius 3 is 2.36 bits per heavy atom. The lowest BCUT2D eigenvalue weighted by molar-refractivity contribution is 0.209. The fourth-order valence-electron chi connectivity index (χ4n) is 5.23. The third kappa shape index (κ3) is 3.53. The van der Waals surface area contributed by atoms with Gasteiger partial charge in [0.25, 0.3) is 0 Å². The van der Waals surface area contributed by atoms with Gasteiger partial charge in [-0.25, -0.2) is 9.97 Å². The smallest absolute Gasteiger partial charge is 0.159 e. The molecule has 0 bridgehead atoms. The molecule has 0 unspecified atom stereocenters. The van der Waals surface area contributed by atoms with Crippen molar-refractivity contribution in [2.75, 3.05) is 31.1 Å². The highest BCUT2D eigenvalue weighted by atomic mass is 15.3. The van der Waals surface area contributed by atoms with Crippen LogP contribution in [0.25, 0.3) is 55.9 Å². The normalized spacial score (nSPS) is 15.1. The van der Waals surface area contributed by atoms with Crippen LogP contribution < -0.4 is 4.90 Å². The Hall–Kier alpha value is -4.17. The molecule has 36 heavy (non-hydrogen) atoms. The number of anilines is 1. The average molecular weight is 477 g/mol. The summed E-state index contributed by atoms with van der Waals surface area (Å²) in [5.74, 6) is 1.61. The highest BCUT2D eigenvalue weighted by molar-refractivity contribution is 5.96. The van der Waals surface area contributed by atoms with Crippen molar-refractivity contribution in [1.82, 2.24) is 35.0 Å². The first kappa shape index (κ1) is 21.1. The van der Waals surface area contributed by atoms with Crippen molar-refractivity contribution in [2.24, 2.45) is 0 Å².